The molecule has 0 amide bonds. The van der Waals surface area contributed by atoms with Gasteiger partial charge in [-0.25, -0.2) is 0 Å². The number of aryl methyl sites for hydroxylation is 1. The topological polar surface area (TPSA) is 48.0 Å². The van der Waals surface area contributed by atoms with Crippen molar-refractivity contribution in [3.63, 3.8) is 0 Å². The summed E-state index contributed by atoms with van der Waals surface area (Å²) in [5.41, 5.74) is 4.39. The summed E-state index contributed by atoms with van der Waals surface area (Å²) in [5, 5.41) is 0.648. The van der Waals surface area contributed by atoms with Crippen molar-refractivity contribution in [3.8, 4) is 17.2 Å². The number of methoxy groups -OCH3 is 1. The SMILES string of the molecule is COc1ccccc1CCN1COc2cc(C)c3c(c2C1)O/C(=C\c1ccc(Cl)cc1)C3=O. The second-order valence-electron chi connectivity index (χ2n) is 8.25. The Bertz CT molecular complexity index is 1250. The summed E-state index contributed by atoms with van der Waals surface area (Å²) in [6.45, 7) is 3.85. The monoisotopic (exact) mass is 461 g/mol. The van der Waals surface area contributed by atoms with Crippen LogP contribution in [0.3, 0.4) is 0 Å². The summed E-state index contributed by atoms with van der Waals surface area (Å²) in [5.74, 6) is 2.48. The molecule has 0 spiro atoms. The average Bonchev–Trinajstić information content (AvgIpc) is 3.16. The lowest BCUT2D eigenvalue weighted by molar-refractivity contribution is 0.0947. The molecule has 2 aliphatic rings. The van der Waals surface area contributed by atoms with Gasteiger partial charge in [0.15, 0.2) is 5.76 Å². The molecule has 5 rings (SSSR count). The first-order chi connectivity index (χ1) is 16.0. The van der Waals surface area contributed by atoms with E-state index >= 15 is 0 Å². The molecule has 2 heterocycles. The molecule has 2 aliphatic heterocycles. The molecule has 6 heteroatoms. The zero-order valence-corrected chi connectivity index (χ0v) is 19.3. The molecule has 3 aromatic rings. The van der Waals surface area contributed by atoms with Gasteiger partial charge in [0, 0.05) is 18.1 Å². The van der Waals surface area contributed by atoms with E-state index in [-0.39, 0.29) is 5.78 Å². The van der Waals surface area contributed by atoms with E-state index in [0.717, 1.165) is 46.7 Å². The van der Waals surface area contributed by atoms with Crippen molar-refractivity contribution in [1.82, 2.24) is 4.90 Å². The van der Waals surface area contributed by atoms with Crippen LogP contribution in [0.5, 0.6) is 17.2 Å². The number of hydrogen-bond donors (Lipinski definition) is 0. The summed E-state index contributed by atoms with van der Waals surface area (Å²) in [7, 11) is 1.69. The number of benzene rings is 3. The van der Waals surface area contributed by atoms with Crippen LogP contribution < -0.4 is 14.2 Å². The molecule has 5 nitrogen and oxygen atoms in total. The van der Waals surface area contributed by atoms with E-state index in [2.05, 4.69) is 11.0 Å². The lowest BCUT2D eigenvalue weighted by Gasteiger charge is -2.30. The molecule has 3 aromatic carbocycles. The van der Waals surface area contributed by atoms with E-state index in [0.29, 0.717) is 35.4 Å². The second kappa shape index (κ2) is 8.93. The van der Waals surface area contributed by atoms with Crippen molar-refractivity contribution < 1.29 is 19.0 Å². The summed E-state index contributed by atoms with van der Waals surface area (Å²) < 4.78 is 17.7. The molecule has 0 unspecified atom stereocenters. The van der Waals surface area contributed by atoms with Crippen LogP contribution in [-0.2, 0) is 13.0 Å². The number of carbonyl (C=O) groups excluding carboxylic acids is 1. The molecule has 0 atom stereocenters. The van der Waals surface area contributed by atoms with Gasteiger partial charge in [-0.05, 0) is 60.4 Å². The number of fused-ring (bicyclic) bond motifs is 3. The fourth-order valence-electron chi connectivity index (χ4n) is 4.32. The maximum Gasteiger partial charge on any atom is 0.232 e. The number of allylic oxidation sites excluding steroid dienone is 1. The van der Waals surface area contributed by atoms with Crippen LogP contribution >= 0.6 is 11.6 Å². The molecule has 0 aliphatic carbocycles. The highest BCUT2D eigenvalue weighted by Crippen LogP contribution is 2.44. The number of halogens is 1. The highest BCUT2D eigenvalue weighted by Gasteiger charge is 2.35. The molecular weight excluding hydrogens is 438 g/mol. The molecule has 0 radical (unpaired) electrons. The van der Waals surface area contributed by atoms with E-state index in [4.69, 9.17) is 25.8 Å². The molecule has 0 saturated heterocycles. The second-order valence-corrected chi connectivity index (χ2v) is 8.69. The van der Waals surface area contributed by atoms with E-state index in [1.807, 2.05) is 43.3 Å². The third-order valence-electron chi connectivity index (χ3n) is 6.05. The standard InChI is InChI=1S/C27H24ClNO4/c1-17-13-23-21(15-29(16-32-23)12-11-19-5-3-4-6-22(19)31-2)27-25(17)26(30)24(33-27)14-18-7-9-20(28)10-8-18/h3-10,13-14H,11-12,15-16H2,1-2H3/b24-14-. The predicted molar refractivity (Wildman–Crippen MR) is 128 cm³/mol. The number of ether oxygens (including phenoxy) is 3. The first-order valence-electron chi connectivity index (χ1n) is 10.9. The van der Waals surface area contributed by atoms with Gasteiger partial charge in [0.2, 0.25) is 5.78 Å². The van der Waals surface area contributed by atoms with Gasteiger partial charge in [-0.3, -0.25) is 9.69 Å². The fourth-order valence-corrected chi connectivity index (χ4v) is 4.44. The zero-order valence-electron chi connectivity index (χ0n) is 18.6. The van der Waals surface area contributed by atoms with Crippen LogP contribution in [0.25, 0.3) is 6.08 Å². The molecular formula is C27H24ClNO4. The Labute approximate surface area is 198 Å². The maximum atomic E-state index is 13.1. The average molecular weight is 462 g/mol. The third-order valence-corrected chi connectivity index (χ3v) is 6.30. The summed E-state index contributed by atoms with van der Waals surface area (Å²) in [4.78, 5) is 15.4. The summed E-state index contributed by atoms with van der Waals surface area (Å²) in [6, 6.07) is 17.3. The Morgan fingerprint density at radius 1 is 1.15 bits per heavy atom. The first-order valence-corrected chi connectivity index (χ1v) is 11.2. The van der Waals surface area contributed by atoms with E-state index in [9.17, 15) is 4.79 Å². The zero-order chi connectivity index (χ0) is 22.9. The first kappa shape index (κ1) is 21.6. The van der Waals surface area contributed by atoms with Crippen molar-refractivity contribution in [1.29, 1.82) is 0 Å². The Hall–Kier alpha value is -3.28. The van der Waals surface area contributed by atoms with E-state index in [1.54, 1.807) is 25.3 Å². The number of ketones is 1. The summed E-state index contributed by atoms with van der Waals surface area (Å²) in [6.07, 6.45) is 2.59. The van der Waals surface area contributed by atoms with Crippen LogP contribution in [-0.4, -0.2) is 31.1 Å². The highest BCUT2D eigenvalue weighted by molar-refractivity contribution is 6.30. The lowest BCUT2D eigenvalue weighted by atomic mass is 9.98. The Morgan fingerprint density at radius 2 is 1.94 bits per heavy atom. The van der Waals surface area contributed by atoms with Gasteiger partial charge in [-0.2, -0.15) is 0 Å². The van der Waals surface area contributed by atoms with Gasteiger partial charge in [-0.15, -0.1) is 0 Å². The van der Waals surface area contributed by atoms with E-state index in [1.165, 1.54) is 0 Å². The molecule has 0 bridgehead atoms. The number of Topliss-reactive ketones (excluding diaryl/α,β-unsaturated/α-hetero) is 1. The molecule has 0 saturated carbocycles. The summed E-state index contributed by atoms with van der Waals surface area (Å²) >= 11 is 5.98. The largest absolute Gasteiger partial charge is 0.496 e. The van der Waals surface area contributed by atoms with Crippen LogP contribution in [0, 0.1) is 6.92 Å². The Morgan fingerprint density at radius 3 is 2.73 bits per heavy atom. The molecule has 0 fully saturated rings. The minimum atomic E-state index is -0.105. The molecule has 0 N–H and O–H groups in total. The predicted octanol–water partition coefficient (Wildman–Crippen LogP) is 5.67. The minimum Gasteiger partial charge on any atom is -0.496 e. The van der Waals surface area contributed by atoms with Gasteiger partial charge in [0.05, 0.1) is 18.2 Å². The van der Waals surface area contributed by atoms with Gasteiger partial charge in [0.1, 0.15) is 24.0 Å². The molecule has 168 valence electrons. The van der Waals surface area contributed by atoms with Crippen LogP contribution in [0.1, 0.15) is 32.6 Å². The van der Waals surface area contributed by atoms with Gasteiger partial charge >= 0.3 is 0 Å². The van der Waals surface area contributed by atoms with Gasteiger partial charge in [-0.1, -0.05) is 41.9 Å². The normalized spacial score (nSPS) is 16.2. The quantitative estimate of drug-likeness (QED) is 0.458. The number of para-hydroxylation sites is 1. The van der Waals surface area contributed by atoms with Gasteiger partial charge < -0.3 is 14.2 Å². The third kappa shape index (κ3) is 4.22. The Kier molecular flexibility index (Phi) is 5.83. The lowest BCUT2D eigenvalue weighted by Crippen LogP contribution is -2.34. The molecule has 33 heavy (non-hydrogen) atoms. The van der Waals surface area contributed by atoms with Crippen molar-refractivity contribution in [2.45, 2.75) is 19.9 Å². The maximum absolute atomic E-state index is 13.1. The van der Waals surface area contributed by atoms with Crippen molar-refractivity contribution in [2.24, 2.45) is 0 Å². The van der Waals surface area contributed by atoms with E-state index < -0.39 is 0 Å². The van der Waals surface area contributed by atoms with Crippen molar-refractivity contribution >= 4 is 23.5 Å². The van der Waals surface area contributed by atoms with Crippen LogP contribution in [0.4, 0.5) is 0 Å². The van der Waals surface area contributed by atoms with Crippen molar-refractivity contribution in [3.05, 3.63) is 93.2 Å². The number of rotatable bonds is 5. The van der Waals surface area contributed by atoms with Crippen molar-refractivity contribution in [2.75, 3.05) is 20.4 Å². The number of carbonyl (C=O) groups is 1. The number of nitrogens with zero attached hydrogens (tertiary/aromatic N) is 1. The fraction of sp³-hybridized carbons (Fsp3) is 0.222. The highest BCUT2D eigenvalue weighted by atomic mass is 35.5. The Balaban J connectivity index is 1.39. The minimum absolute atomic E-state index is 0.105. The van der Waals surface area contributed by atoms with Gasteiger partial charge in [0.25, 0.3) is 0 Å². The molecule has 0 aromatic heterocycles. The number of hydrogen-bond acceptors (Lipinski definition) is 5. The van der Waals surface area contributed by atoms with Crippen LogP contribution in [0.2, 0.25) is 5.02 Å². The smallest absolute Gasteiger partial charge is 0.232 e. The van der Waals surface area contributed by atoms with Crippen LogP contribution in [0.15, 0.2) is 60.4 Å².